The molecule has 2 aromatic rings. The van der Waals surface area contributed by atoms with Gasteiger partial charge in [0.05, 0.1) is 7.11 Å². The molecule has 0 radical (unpaired) electrons. The summed E-state index contributed by atoms with van der Waals surface area (Å²) >= 11 is 0. The third kappa shape index (κ3) is 4.07. The minimum absolute atomic E-state index is 0.107. The number of ether oxygens (including phenoxy) is 1. The van der Waals surface area contributed by atoms with Crippen LogP contribution in [0.3, 0.4) is 0 Å². The molecule has 2 heterocycles. The standard InChI is InChI=1S/C20H27N3O4S/c1-15-19(13-17(22(15)2)20(24)23-11-7-4-8-12-23)28(25,26)21-14-16-9-5-6-10-18(16)27-3/h5-6,9-10,13,21H,4,7-8,11-12,14H2,1-3H3. The summed E-state index contributed by atoms with van der Waals surface area (Å²) in [5.74, 6) is 0.507. The lowest BCUT2D eigenvalue weighted by Crippen LogP contribution is -2.36. The number of para-hydroxylation sites is 1. The van der Waals surface area contributed by atoms with Gasteiger partial charge in [-0.05, 0) is 38.3 Å². The minimum Gasteiger partial charge on any atom is -0.496 e. The van der Waals surface area contributed by atoms with Crippen molar-refractivity contribution in [2.24, 2.45) is 7.05 Å². The fraction of sp³-hybridized carbons (Fsp3) is 0.450. The van der Waals surface area contributed by atoms with E-state index in [4.69, 9.17) is 4.74 Å². The Kier molecular flexibility index (Phi) is 6.10. The number of piperidine rings is 1. The third-order valence-corrected chi connectivity index (χ3v) is 6.80. The third-order valence-electron chi connectivity index (χ3n) is 5.29. The van der Waals surface area contributed by atoms with Gasteiger partial charge in [-0.2, -0.15) is 0 Å². The highest BCUT2D eigenvalue weighted by Crippen LogP contribution is 2.23. The van der Waals surface area contributed by atoms with Crippen LogP contribution in [-0.4, -0.2) is 44.0 Å². The fourth-order valence-electron chi connectivity index (χ4n) is 3.51. The molecule has 1 saturated heterocycles. The average Bonchev–Trinajstić information content (AvgIpc) is 3.02. The van der Waals surface area contributed by atoms with Gasteiger partial charge < -0.3 is 14.2 Å². The molecule has 0 aliphatic carbocycles. The second kappa shape index (κ2) is 8.36. The summed E-state index contributed by atoms with van der Waals surface area (Å²) in [5, 5.41) is 0. The number of hydrogen-bond donors (Lipinski definition) is 1. The minimum atomic E-state index is -3.78. The Bertz CT molecular complexity index is 960. The van der Waals surface area contributed by atoms with E-state index in [1.807, 2.05) is 18.2 Å². The van der Waals surface area contributed by atoms with Gasteiger partial charge in [-0.1, -0.05) is 18.2 Å². The molecule has 1 fully saturated rings. The lowest BCUT2D eigenvalue weighted by molar-refractivity contribution is 0.0714. The smallest absolute Gasteiger partial charge is 0.270 e. The molecule has 1 aliphatic rings. The number of rotatable bonds is 6. The molecule has 0 bridgehead atoms. The zero-order valence-electron chi connectivity index (χ0n) is 16.6. The molecule has 0 unspecified atom stereocenters. The first-order valence-electron chi connectivity index (χ1n) is 9.42. The Morgan fingerprint density at radius 1 is 1.18 bits per heavy atom. The number of nitrogens with zero attached hydrogens (tertiary/aromatic N) is 2. The van der Waals surface area contributed by atoms with Crippen LogP contribution in [0.25, 0.3) is 0 Å². The lowest BCUT2D eigenvalue weighted by atomic mass is 10.1. The van der Waals surface area contributed by atoms with Crippen LogP contribution in [0.4, 0.5) is 0 Å². The van der Waals surface area contributed by atoms with Gasteiger partial charge in [-0.3, -0.25) is 4.79 Å². The molecule has 1 aromatic heterocycles. The molecule has 7 nitrogen and oxygen atoms in total. The SMILES string of the molecule is COc1ccccc1CNS(=O)(=O)c1cc(C(=O)N2CCCCC2)n(C)c1C. The molecule has 152 valence electrons. The molecule has 1 aromatic carbocycles. The number of aromatic nitrogens is 1. The number of hydrogen-bond acceptors (Lipinski definition) is 4. The second-order valence-corrected chi connectivity index (χ2v) is 8.76. The van der Waals surface area contributed by atoms with Crippen molar-refractivity contribution in [3.05, 3.63) is 47.3 Å². The number of carbonyl (C=O) groups is 1. The van der Waals surface area contributed by atoms with E-state index in [2.05, 4.69) is 4.72 Å². The highest BCUT2D eigenvalue weighted by atomic mass is 32.2. The van der Waals surface area contributed by atoms with Crippen LogP contribution in [0.5, 0.6) is 5.75 Å². The van der Waals surface area contributed by atoms with Crippen molar-refractivity contribution in [3.8, 4) is 5.75 Å². The summed E-state index contributed by atoms with van der Waals surface area (Å²) in [6, 6.07) is 8.74. The van der Waals surface area contributed by atoms with Crippen molar-refractivity contribution in [1.82, 2.24) is 14.2 Å². The fourth-order valence-corrected chi connectivity index (χ4v) is 4.80. The maximum atomic E-state index is 12.9. The molecule has 0 saturated carbocycles. The van der Waals surface area contributed by atoms with Gasteiger partial charge in [-0.15, -0.1) is 0 Å². The summed E-state index contributed by atoms with van der Waals surface area (Å²) in [5.41, 5.74) is 1.68. The topological polar surface area (TPSA) is 80.6 Å². The first kappa shape index (κ1) is 20.4. The number of methoxy groups -OCH3 is 1. The number of carbonyl (C=O) groups excluding carboxylic acids is 1. The van der Waals surface area contributed by atoms with Crippen LogP contribution in [0.15, 0.2) is 35.2 Å². The molecule has 0 atom stereocenters. The number of nitrogens with one attached hydrogen (secondary N) is 1. The predicted molar refractivity (Wildman–Crippen MR) is 107 cm³/mol. The van der Waals surface area contributed by atoms with E-state index in [1.54, 1.807) is 36.6 Å². The summed E-state index contributed by atoms with van der Waals surface area (Å²) in [4.78, 5) is 14.8. The normalized spacial score (nSPS) is 14.9. The summed E-state index contributed by atoms with van der Waals surface area (Å²) in [6.45, 7) is 3.26. The predicted octanol–water partition coefficient (Wildman–Crippen LogP) is 2.45. The average molecular weight is 406 g/mol. The van der Waals surface area contributed by atoms with Gasteiger partial charge in [0.1, 0.15) is 16.3 Å². The number of benzene rings is 1. The van der Waals surface area contributed by atoms with Gasteiger partial charge in [0, 0.05) is 37.9 Å². The number of sulfonamides is 1. The van der Waals surface area contributed by atoms with Gasteiger partial charge in [0.2, 0.25) is 10.0 Å². The van der Waals surface area contributed by atoms with Gasteiger partial charge >= 0.3 is 0 Å². The molecule has 28 heavy (non-hydrogen) atoms. The van der Waals surface area contributed by atoms with Crippen molar-refractivity contribution in [3.63, 3.8) is 0 Å². The zero-order chi connectivity index (χ0) is 20.3. The first-order valence-corrected chi connectivity index (χ1v) is 10.9. The second-order valence-electron chi connectivity index (χ2n) is 7.03. The summed E-state index contributed by atoms with van der Waals surface area (Å²) in [7, 11) is -0.500. The number of likely N-dealkylation sites (tertiary alicyclic amines) is 1. The highest BCUT2D eigenvalue weighted by Gasteiger charge is 2.27. The van der Waals surface area contributed by atoms with Crippen LogP contribution in [0, 0.1) is 6.92 Å². The van der Waals surface area contributed by atoms with E-state index in [-0.39, 0.29) is 17.3 Å². The van der Waals surface area contributed by atoms with E-state index < -0.39 is 10.0 Å². The van der Waals surface area contributed by atoms with Gasteiger partial charge in [0.25, 0.3) is 5.91 Å². The van der Waals surface area contributed by atoms with Crippen LogP contribution in [0.2, 0.25) is 0 Å². The van der Waals surface area contributed by atoms with E-state index in [9.17, 15) is 13.2 Å². The molecule has 1 aliphatic heterocycles. The Morgan fingerprint density at radius 2 is 1.86 bits per heavy atom. The van der Waals surface area contributed by atoms with E-state index >= 15 is 0 Å². The Hall–Kier alpha value is -2.32. The van der Waals surface area contributed by atoms with E-state index in [0.717, 1.165) is 37.9 Å². The Balaban J connectivity index is 1.83. The lowest BCUT2D eigenvalue weighted by Gasteiger charge is -2.26. The maximum absolute atomic E-state index is 12.9. The van der Waals surface area contributed by atoms with Gasteiger partial charge in [0.15, 0.2) is 0 Å². The summed E-state index contributed by atoms with van der Waals surface area (Å²) in [6.07, 6.45) is 3.10. The van der Waals surface area contributed by atoms with Gasteiger partial charge in [-0.25, -0.2) is 13.1 Å². The van der Waals surface area contributed by atoms with Crippen molar-refractivity contribution in [2.45, 2.75) is 37.6 Å². The van der Waals surface area contributed by atoms with Crippen LogP contribution < -0.4 is 9.46 Å². The van der Waals surface area contributed by atoms with Crippen molar-refractivity contribution >= 4 is 15.9 Å². The number of amides is 1. The van der Waals surface area contributed by atoms with Crippen molar-refractivity contribution < 1.29 is 17.9 Å². The monoisotopic (exact) mass is 405 g/mol. The van der Waals surface area contributed by atoms with Crippen LogP contribution >= 0.6 is 0 Å². The maximum Gasteiger partial charge on any atom is 0.270 e. The summed E-state index contributed by atoms with van der Waals surface area (Å²) < 4.78 is 35.4. The van der Waals surface area contributed by atoms with E-state index in [0.29, 0.717) is 17.1 Å². The van der Waals surface area contributed by atoms with Crippen LogP contribution in [-0.2, 0) is 23.6 Å². The molecule has 8 heteroatoms. The molecular weight excluding hydrogens is 378 g/mol. The molecule has 3 rings (SSSR count). The molecule has 1 amide bonds. The Labute approximate surface area is 166 Å². The largest absolute Gasteiger partial charge is 0.496 e. The quantitative estimate of drug-likeness (QED) is 0.801. The molecule has 0 spiro atoms. The van der Waals surface area contributed by atoms with Crippen molar-refractivity contribution in [2.75, 3.05) is 20.2 Å². The first-order chi connectivity index (χ1) is 13.3. The Morgan fingerprint density at radius 3 is 2.54 bits per heavy atom. The van der Waals surface area contributed by atoms with E-state index in [1.165, 1.54) is 6.07 Å². The highest BCUT2D eigenvalue weighted by molar-refractivity contribution is 7.89. The molecular formula is C20H27N3O4S. The van der Waals surface area contributed by atoms with Crippen LogP contribution in [0.1, 0.15) is 41.0 Å². The van der Waals surface area contributed by atoms with Crippen molar-refractivity contribution in [1.29, 1.82) is 0 Å². The zero-order valence-corrected chi connectivity index (χ0v) is 17.4. The molecule has 1 N–H and O–H groups in total.